The first kappa shape index (κ1) is 26.1. The summed E-state index contributed by atoms with van der Waals surface area (Å²) in [6.07, 6.45) is -8.04. The van der Waals surface area contributed by atoms with Crippen LogP contribution in [-0.2, 0) is 24.4 Å². The fraction of sp³-hybridized carbons (Fsp3) is 0.619. The van der Waals surface area contributed by atoms with E-state index in [0.717, 1.165) is 5.56 Å². The van der Waals surface area contributed by atoms with Crippen molar-refractivity contribution in [1.82, 2.24) is 0 Å². The third-order valence-electron chi connectivity index (χ3n) is 5.43. The summed E-state index contributed by atoms with van der Waals surface area (Å²) >= 11 is 0. The first-order valence-electron chi connectivity index (χ1n) is 9.91. The van der Waals surface area contributed by atoms with E-state index in [9.17, 15) is 31.2 Å². The monoisotopic (exact) mass is 480 g/mol. The summed E-state index contributed by atoms with van der Waals surface area (Å²) in [7, 11) is -5.07. The van der Waals surface area contributed by atoms with Gasteiger partial charge in [-0.15, -0.1) is 0 Å². The Hall–Kier alpha value is -2.14. The SMILES string of the molecule is Cc1cc(C)c(OC(=O)C2CC(C)(C)CC2C(=O)OC(CS(=O)(=O)O)C(F)(F)F)c(C)c1. The maximum absolute atomic E-state index is 13.2. The van der Waals surface area contributed by atoms with Gasteiger partial charge in [0, 0.05) is 0 Å². The largest absolute Gasteiger partial charge is 0.451 e. The topological polar surface area (TPSA) is 107 Å². The minimum Gasteiger partial charge on any atom is -0.451 e. The van der Waals surface area contributed by atoms with E-state index in [1.54, 1.807) is 27.7 Å². The fourth-order valence-electron chi connectivity index (χ4n) is 4.17. The molecule has 1 aromatic carbocycles. The maximum atomic E-state index is 13.2. The molecule has 7 nitrogen and oxygen atoms in total. The molecule has 0 spiro atoms. The van der Waals surface area contributed by atoms with Crippen LogP contribution in [0.15, 0.2) is 12.1 Å². The van der Waals surface area contributed by atoms with E-state index in [4.69, 9.17) is 9.29 Å². The summed E-state index contributed by atoms with van der Waals surface area (Å²) in [6, 6.07) is 3.62. The van der Waals surface area contributed by atoms with Crippen LogP contribution >= 0.6 is 0 Å². The van der Waals surface area contributed by atoms with E-state index >= 15 is 0 Å². The molecule has 1 aromatic rings. The molecule has 0 saturated heterocycles. The number of hydrogen-bond donors (Lipinski definition) is 1. The number of halogens is 3. The molecule has 180 valence electrons. The molecule has 2 rings (SSSR count). The second-order valence-corrected chi connectivity index (χ2v) is 10.6. The normalized spacial score (nSPS) is 21.8. The molecule has 11 heteroatoms. The van der Waals surface area contributed by atoms with Crippen LogP contribution in [-0.4, -0.2) is 42.9 Å². The molecule has 1 aliphatic carbocycles. The maximum Gasteiger partial charge on any atom is 0.426 e. The summed E-state index contributed by atoms with van der Waals surface area (Å²) in [5.41, 5.74) is 1.77. The van der Waals surface area contributed by atoms with E-state index in [-0.39, 0.29) is 12.8 Å². The molecule has 1 fully saturated rings. The Kier molecular flexibility index (Phi) is 7.35. The van der Waals surface area contributed by atoms with Crippen LogP contribution in [0.2, 0.25) is 0 Å². The number of rotatable bonds is 6. The summed E-state index contributed by atoms with van der Waals surface area (Å²) in [5, 5.41) is 0. The Morgan fingerprint density at radius 2 is 1.56 bits per heavy atom. The number of aryl methyl sites for hydroxylation is 3. The fourth-order valence-corrected chi connectivity index (χ4v) is 4.81. The van der Waals surface area contributed by atoms with Gasteiger partial charge in [0.05, 0.1) is 11.8 Å². The number of ether oxygens (including phenoxy) is 2. The molecule has 0 aliphatic heterocycles. The van der Waals surface area contributed by atoms with Gasteiger partial charge in [-0.05, 0) is 50.2 Å². The molecule has 0 amide bonds. The molecule has 0 heterocycles. The lowest BCUT2D eigenvalue weighted by atomic mass is 9.90. The van der Waals surface area contributed by atoms with Gasteiger partial charge in [-0.1, -0.05) is 31.5 Å². The lowest BCUT2D eigenvalue weighted by Gasteiger charge is -2.23. The second-order valence-electron chi connectivity index (χ2n) is 9.15. The van der Waals surface area contributed by atoms with Crippen LogP contribution in [0.1, 0.15) is 43.4 Å². The highest BCUT2D eigenvalue weighted by Gasteiger charge is 2.51. The molecule has 3 unspecified atom stereocenters. The zero-order chi connectivity index (χ0) is 24.6. The average Bonchev–Trinajstić information content (AvgIpc) is 2.91. The quantitative estimate of drug-likeness (QED) is 0.373. The summed E-state index contributed by atoms with van der Waals surface area (Å²) in [5.74, 6) is -5.97. The van der Waals surface area contributed by atoms with E-state index in [0.29, 0.717) is 16.9 Å². The standard InChI is InChI=1S/C21H27F3O7S/c1-11-6-12(2)17(13(3)7-11)31-19(26)15-9-20(4,5)8-14(15)18(25)30-16(21(22,23)24)10-32(27,28)29/h6-7,14-16H,8-10H2,1-5H3,(H,27,28,29). The van der Waals surface area contributed by atoms with Crippen LogP contribution in [0.25, 0.3) is 0 Å². The zero-order valence-electron chi connectivity index (χ0n) is 18.4. The Morgan fingerprint density at radius 3 is 2.00 bits per heavy atom. The second kappa shape index (κ2) is 9.01. The van der Waals surface area contributed by atoms with Gasteiger partial charge in [0.1, 0.15) is 11.5 Å². The Bertz CT molecular complexity index is 976. The number of carbonyl (C=O) groups is 2. The van der Waals surface area contributed by atoms with Crippen molar-refractivity contribution in [2.45, 2.75) is 59.7 Å². The highest BCUT2D eigenvalue weighted by molar-refractivity contribution is 7.85. The Morgan fingerprint density at radius 1 is 1.09 bits per heavy atom. The van der Waals surface area contributed by atoms with E-state index in [1.807, 2.05) is 19.1 Å². The van der Waals surface area contributed by atoms with Crippen molar-refractivity contribution in [3.63, 3.8) is 0 Å². The molecule has 0 aromatic heterocycles. The first-order chi connectivity index (χ1) is 14.4. The van der Waals surface area contributed by atoms with Crippen molar-refractivity contribution in [2.24, 2.45) is 17.3 Å². The van der Waals surface area contributed by atoms with Crippen molar-refractivity contribution in [3.05, 3.63) is 28.8 Å². The smallest absolute Gasteiger partial charge is 0.426 e. The van der Waals surface area contributed by atoms with Gasteiger partial charge in [0.15, 0.2) is 0 Å². The molecular formula is C21H27F3O7S. The van der Waals surface area contributed by atoms with Crippen molar-refractivity contribution in [2.75, 3.05) is 5.75 Å². The average molecular weight is 481 g/mol. The van der Waals surface area contributed by atoms with Gasteiger partial charge < -0.3 is 9.47 Å². The molecule has 0 bridgehead atoms. The van der Waals surface area contributed by atoms with Crippen molar-refractivity contribution < 1.29 is 45.2 Å². The molecular weight excluding hydrogens is 453 g/mol. The predicted octanol–water partition coefficient (Wildman–Crippen LogP) is 3.93. The highest BCUT2D eigenvalue weighted by Crippen LogP contribution is 2.47. The third-order valence-corrected chi connectivity index (χ3v) is 6.15. The van der Waals surface area contributed by atoms with Gasteiger partial charge in [-0.3, -0.25) is 14.1 Å². The first-order valence-corrected chi connectivity index (χ1v) is 11.5. The van der Waals surface area contributed by atoms with Crippen molar-refractivity contribution in [3.8, 4) is 5.75 Å². The van der Waals surface area contributed by atoms with Gasteiger partial charge >= 0.3 is 18.1 Å². The number of benzene rings is 1. The Balaban J connectivity index is 2.27. The van der Waals surface area contributed by atoms with Gasteiger partial charge in [0.2, 0.25) is 6.10 Å². The lowest BCUT2D eigenvalue weighted by Crippen LogP contribution is -2.42. The van der Waals surface area contributed by atoms with Crippen LogP contribution in [0.4, 0.5) is 13.2 Å². The summed E-state index contributed by atoms with van der Waals surface area (Å²) in [6.45, 7) is 8.87. The van der Waals surface area contributed by atoms with E-state index in [2.05, 4.69) is 4.74 Å². The van der Waals surface area contributed by atoms with E-state index in [1.165, 1.54) is 0 Å². The van der Waals surface area contributed by atoms with E-state index < -0.39 is 57.3 Å². The van der Waals surface area contributed by atoms with Crippen molar-refractivity contribution in [1.29, 1.82) is 0 Å². The highest BCUT2D eigenvalue weighted by atomic mass is 32.2. The van der Waals surface area contributed by atoms with Crippen LogP contribution in [0.3, 0.4) is 0 Å². The number of esters is 2. The molecule has 1 N–H and O–H groups in total. The predicted molar refractivity (Wildman–Crippen MR) is 109 cm³/mol. The van der Waals surface area contributed by atoms with Crippen LogP contribution < -0.4 is 4.74 Å². The minimum absolute atomic E-state index is 0.0495. The molecule has 0 radical (unpaired) electrons. The Labute approximate surface area is 185 Å². The summed E-state index contributed by atoms with van der Waals surface area (Å²) in [4.78, 5) is 25.5. The van der Waals surface area contributed by atoms with Crippen LogP contribution in [0, 0.1) is 38.0 Å². The molecule has 1 saturated carbocycles. The molecule has 32 heavy (non-hydrogen) atoms. The van der Waals surface area contributed by atoms with Crippen molar-refractivity contribution >= 4 is 22.1 Å². The summed E-state index contributed by atoms with van der Waals surface area (Å²) < 4.78 is 80.2. The minimum atomic E-state index is -5.22. The molecule has 3 atom stereocenters. The number of carbonyl (C=O) groups excluding carboxylic acids is 2. The lowest BCUT2D eigenvalue weighted by molar-refractivity contribution is -0.218. The number of hydrogen-bond acceptors (Lipinski definition) is 6. The van der Waals surface area contributed by atoms with Gasteiger partial charge in [-0.2, -0.15) is 21.6 Å². The molecule has 1 aliphatic rings. The zero-order valence-corrected chi connectivity index (χ0v) is 19.3. The third kappa shape index (κ3) is 6.68. The van der Waals surface area contributed by atoms with Crippen LogP contribution in [0.5, 0.6) is 5.75 Å². The number of alkyl halides is 3. The van der Waals surface area contributed by atoms with Gasteiger partial charge in [-0.25, -0.2) is 0 Å². The van der Waals surface area contributed by atoms with Gasteiger partial charge in [0.25, 0.3) is 10.1 Å².